The van der Waals surface area contributed by atoms with Crippen molar-refractivity contribution in [2.75, 3.05) is 6.54 Å². The minimum atomic E-state index is 0. The summed E-state index contributed by atoms with van der Waals surface area (Å²) in [7, 11) is 0. The molecule has 22 heavy (non-hydrogen) atoms. The van der Waals surface area contributed by atoms with Gasteiger partial charge in [0.15, 0.2) is 0 Å². The summed E-state index contributed by atoms with van der Waals surface area (Å²) >= 11 is 12.0. The molecule has 1 N–H and O–H groups in total. The van der Waals surface area contributed by atoms with Crippen molar-refractivity contribution < 1.29 is 4.74 Å². The van der Waals surface area contributed by atoms with Crippen LogP contribution in [0.1, 0.15) is 24.5 Å². The van der Waals surface area contributed by atoms with Crippen molar-refractivity contribution in [3.63, 3.8) is 0 Å². The highest BCUT2D eigenvalue weighted by Gasteiger charge is 2.02. The van der Waals surface area contributed by atoms with Crippen LogP contribution < -0.4 is 10.1 Å². The largest absolute Gasteiger partial charge is 0.489 e. The number of nitrogens with one attached hydrogen (secondary N) is 1. The first-order chi connectivity index (χ1) is 10.2. The molecule has 0 radical (unpaired) electrons. The highest BCUT2D eigenvalue weighted by molar-refractivity contribution is 6.35. The van der Waals surface area contributed by atoms with Gasteiger partial charge in [0.05, 0.1) is 0 Å². The predicted molar refractivity (Wildman–Crippen MR) is 96.5 cm³/mol. The van der Waals surface area contributed by atoms with Gasteiger partial charge in [-0.2, -0.15) is 0 Å². The normalized spacial score (nSPS) is 10.1. The topological polar surface area (TPSA) is 21.3 Å². The van der Waals surface area contributed by atoms with Gasteiger partial charge in [0.1, 0.15) is 12.4 Å². The smallest absolute Gasteiger partial charge is 0.119 e. The second kappa shape index (κ2) is 9.96. The summed E-state index contributed by atoms with van der Waals surface area (Å²) in [5.41, 5.74) is 2.18. The van der Waals surface area contributed by atoms with Gasteiger partial charge in [-0.25, -0.2) is 0 Å². The monoisotopic (exact) mass is 359 g/mol. The predicted octanol–water partition coefficient (Wildman–Crippen LogP) is 5.49. The number of hydrogen-bond acceptors (Lipinski definition) is 2. The molecular weight excluding hydrogens is 341 g/mol. The zero-order chi connectivity index (χ0) is 15.1. The average Bonchev–Trinajstić information content (AvgIpc) is 2.48. The van der Waals surface area contributed by atoms with Crippen LogP contribution in [0.3, 0.4) is 0 Å². The first kappa shape index (κ1) is 19.1. The second-order valence-electron chi connectivity index (χ2n) is 4.85. The van der Waals surface area contributed by atoms with Crippen LogP contribution in [0.25, 0.3) is 0 Å². The van der Waals surface area contributed by atoms with Gasteiger partial charge in [0, 0.05) is 22.2 Å². The van der Waals surface area contributed by atoms with Gasteiger partial charge in [-0.15, -0.1) is 12.4 Å². The maximum absolute atomic E-state index is 6.12. The Morgan fingerprint density at radius 2 is 1.77 bits per heavy atom. The van der Waals surface area contributed by atoms with Gasteiger partial charge in [0.25, 0.3) is 0 Å². The fraction of sp³-hybridized carbons (Fsp3) is 0.294. The van der Waals surface area contributed by atoms with Gasteiger partial charge in [-0.1, -0.05) is 48.3 Å². The molecule has 2 aromatic rings. The lowest BCUT2D eigenvalue weighted by Crippen LogP contribution is -2.13. The molecule has 2 nitrogen and oxygen atoms in total. The molecule has 5 heteroatoms. The van der Waals surface area contributed by atoms with E-state index in [9.17, 15) is 0 Å². The molecule has 0 saturated heterocycles. The molecule has 0 aromatic heterocycles. The van der Waals surface area contributed by atoms with Crippen molar-refractivity contribution in [2.24, 2.45) is 0 Å². The summed E-state index contributed by atoms with van der Waals surface area (Å²) in [6.07, 6.45) is 1.14. The van der Waals surface area contributed by atoms with Crippen LogP contribution in [0.15, 0.2) is 42.5 Å². The van der Waals surface area contributed by atoms with E-state index in [0.717, 1.165) is 30.8 Å². The van der Waals surface area contributed by atoms with Crippen LogP contribution >= 0.6 is 35.6 Å². The maximum Gasteiger partial charge on any atom is 0.119 e. The lowest BCUT2D eigenvalue weighted by molar-refractivity contribution is 0.306. The van der Waals surface area contributed by atoms with E-state index in [2.05, 4.69) is 24.4 Å². The zero-order valence-electron chi connectivity index (χ0n) is 12.4. The Morgan fingerprint density at radius 1 is 1.05 bits per heavy atom. The maximum atomic E-state index is 6.12. The minimum absolute atomic E-state index is 0. The number of rotatable bonds is 7. The number of hydrogen-bond donors (Lipinski definition) is 1. The van der Waals surface area contributed by atoms with Crippen molar-refractivity contribution >= 4 is 35.6 Å². The lowest BCUT2D eigenvalue weighted by atomic mass is 10.2. The molecule has 0 spiro atoms. The summed E-state index contributed by atoms with van der Waals surface area (Å²) in [6, 6.07) is 13.5. The van der Waals surface area contributed by atoms with E-state index >= 15 is 0 Å². The van der Waals surface area contributed by atoms with Crippen LogP contribution in [0, 0.1) is 0 Å². The fourth-order valence-electron chi connectivity index (χ4n) is 1.91. The highest BCUT2D eigenvalue weighted by atomic mass is 35.5. The molecule has 120 valence electrons. The Kier molecular flexibility index (Phi) is 8.66. The molecule has 0 amide bonds. The molecule has 0 bridgehead atoms. The zero-order valence-corrected chi connectivity index (χ0v) is 14.8. The average molecular weight is 361 g/mol. The SMILES string of the molecule is CCCNCc1ccc(OCc2ccc(Cl)cc2Cl)cc1.Cl. The first-order valence-corrected chi connectivity index (χ1v) is 7.81. The number of benzene rings is 2. The number of halogens is 3. The molecule has 2 rings (SSSR count). The molecule has 0 fully saturated rings. The van der Waals surface area contributed by atoms with Gasteiger partial charge in [-0.05, 0) is 42.8 Å². The van der Waals surface area contributed by atoms with Crippen LogP contribution in [0.5, 0.6) is 5.75 Å². The second-order valence-corrected chi connectivity index (χ2v) is 5.69. The minimum Gasteiger partial charge on any atom is -0.489 e. The van der Waals surface area contributed by atoms with Gasteiger partial charge >= 0.3 is 0 Å². The molecule has 0 atom stereocenters. The molecule has 0 aliphatic rings. The van der Waals surface area contributed by atoms with E-state index in [4.69, 9.17) is 27.9 Å². The summed E-state index contributed by atoms with van der Waals surface area (Å²) in [5.74, 6) is 0.834. The van der Waals surface area contributed by atoms with Crippen molar-refractivity contribution in [2.45, 2.75) is 26.5 Å². The van der Waals surface area contributed by atoms with Crippen molar-refractivity contribution in [3.8, 4) is 5.75 Å². The molecule has 2 aromatic carbocycles. The third-order valence-electron chi connectivity index (χ3n) is 3.09. The first-order valence-electron chi connectivity index (χ1n) is 7.05. The summed E-state index contributed by atoms with van der Waals surface area (Å²) < 4.78 is 5.75. The standard InChI is InChI=1S/C17H19Cl2NO.ClH/c1-2-9-20-11-13-3-7-16(8-4-13)21-12-14-5-6-15(18)10-17(14)19;/h3-8,10,20H,2,9,11-12H2,1H3;1H. The van der Waals surface area contributed by atoms with E-state index in [-0.39, 0.29) is 12.4 Å². The van der Waals surface area contributed by atoms with E-state index in [0.29, 0.717) is 16.7 Å². The quantitative estimate of drug-likeness (QED) is 0.659. The third-order valence-corrected chi connectivity index (χ3v) is 3.68. The summed E-state index contributed by atoms with van der Waals surface area (Å²) in [4.78, 5) is 0. The Bertz CT molecular complexity index is 573. The Hall–Kier alpha value is -0.930. The van der Waals surface area contributed by atoms with E-state index in [1.807, 2.05) is 24.3 Å². The van der Waals surface area contributed by atoms with E-state index < -0.39 is 0 Å². The van der Waals surface area contributed by atoms with Crippen molar-refractivity contribution in [1.29, 1.82) is 0 Å². The van der Waals surface area contributed by atoms with Crippen LogP contribution in [-0.4, -0.2) is 6.54 Å². The van der Waals surface area contributed by atoms with Crippen molar-refractivity contribution in [1.82, 2.24) is 5.32 Å². The van der Waals surface area contributed by atoms with Crippen LogP contribution in [0.4, 0.5) is 0 Å². The molecule has 0 aliphatic carbocycles. The van der Waals surface area contributed by atoms with Gasteiger partial charge in [0.2, 0.25) is 0 Å². The highest BCUT2D eigenvalue weighted by Crippen LogP contribution is 2.22. The van der Waals surface area contributed by atoms with E-state index in [1.165, 1.54) is 5.56 Å². The molecule has 0 heterocycles. The Labute approximate surface area is 148 Å². The van der Waals surface area contributed by atoms with Crippen LogP contribution in [0.2, 0.25) is 10.0 Å². The van der Waals surface area contributed by atoms with Crippen molar-refractivity contribution in [3.05, 3.63) is 63.6 Å². The van der Waals surface area contributed by atoms with Crippen LogP contribution in [-0.2, 0) is 13.2 Å². The van der Waals surface area contributed by atoms with E-state index in [1.54, 1.807) is 6.07 Å². The molecule has 0 saturated carbocycles. The summed E-state index contributed by atoms with van der Waals surface area (Å²) in [5, 5.41) is 4.63. The third kappa shape index (κ3) is 6.05. The van der Waals surface area contributed by atoms with Gasteiger partial charge < -0.3 is 10.1 Å². The number of ether oxygens (including phenoxy) is 1. The molecule has 0 aliphatic heterocycles. The summed E-state index contributed by atoms with van der Waals surface area (Å²) in [6.45, 7) is 4.51. The Balaban J connectivity index is 0.00000242. The molecular formula is C17H20Cl3NO. The molecule has 0 unspecified atom stereocenters. The lowest BCUT2D eigenvalue weighted by Gasteiger charge is -2.09. The Morgan fingerprint density at radius 3 is 2.41 bits per heavy atom. The van der Waals surface area contributed by atoms with Gasteiger partial charge in [-0.3, -0.25) is 0 Å². The fourth-order valence-corrected chi connectivity index (χ4v) is 2.38.